The summed E-state index contributed by atoms with van der Waals surface area (Å²) in [4.78, 5) is 13.4. The summed E-state index contributed by atoms with van der Waals surface area (Å²) in [6, 6.07) is 9.30. The van der Waals surface area contributed by atoms with Crippen LogP contribution < -0.4 is 5.32 Å². The van der Waals surface area contributed by atoms with E-state index in [1.54, 1.807) is 0 Å². The minimum Gasteiger partial charge on any atom is -0.481 e. The zero-order valence-corrected chi connectivity index (χ0v) is 14.4. The summed E-state index contributed by atoms with van der Waals surface area (Å²) < 4.78 is 0. The summed E-state index contributed by atoms with van der Waals surface area (Å²) in [5.41, 5.74) is 2.66. The van der Waals surface area contributed by atoms with Crippen LogP contribution in [0, 0.1) is 5.92 Å². The fourth-order valence-electron chi connectivity index (χ4n) is 3.27. The largest absolute Gasteiger partial charge is 0.481 e. The quantitative estimate of drug-likeness (QED) is 0.772. The molecule has 0 bridgehead atoms. The molecule has 0 amide bonds. The van der Waals surface area contributed by atoms with Crippen molar-refractivity contribution >= 4 is 5.97 Å². The number of hydrogen-bond acceptors (Lipinski definition) is 3. The molecular formula is C19H30N2O2. The topological polar surface area (TPSA) is 52.6 Å². The van der Waals surface area contributed by atoms with E-state index in [0.29, 0.717) is 6.04 Å². The van der Waals surface area contributed by atoms with Crippen molar-refractivity contribution in [3.05, 3.63) is 35.4 Å². The maximum Gasteiger partial charge on any atom is 0.306 e. The van der Waals surface area contributed by atoms with Gasteiger partial charge in [-0.05, 0) is 49.9 Å². The third-order valence-corrected chi connectivity index (χ3v) is 4.99. The lowest BCUT2D eigenvalue weighted by molar-refractivity contribution is -0.142. The van der Waals surface area contributed by atoms with Gasteiger partial charge in [0.15, 0.2) is 0 Å². The van der Waals surface area contributed by atoms with Crippen molar-refractivity contribution in [3.63, 3.8) is 0 Å². The molecule has 2 N–H and O–H groups in total. The Balaban J connectivity index is 1.75. The van der Waals surface area contributed by atoms with Crippen LogP contribution in [0.4, 0.5) is 0 Å². The summed E-state index contributed by atoms with van der Waals surface area (Å²) in [5, 5.41) is 12.6. The number of benzene rings is 1. The van der Waals surface area contributed by atoms with Gasteiger partial charge in [0.05, 0.1) is 5.92 Å². The van der Waals surface area contributed by atoms with Crippen molar-refractivity contribution < 1.29 is 9.90 Å². The van der Waals surface area contributed by atoms with Crippen molar-refractivity contribution in [3.8, 4) is 0 Å². The van der Waals surface area contributed by atoms with Gasteiger partial charge in [0.25, 0.3) is 0 Å². The van der Waals surface area contributed by atoms with Crippen LogP contribution in [0.15, 0.2) is 24.3 Å². The molecule has 4 nitrogen and oxygen atoms in total. The van der Waals surface area contributed by atoms with Crippen LogP contribution in [-0.2, 0) is 17.9 Å². The molecule has 1 aliphatic rings. The van der Waals surface area contributed by atoms with Gasteiger partial charge in [-0.25, -0.2) is 0 Å². The Morgan fingerprint density at radius 3 is 2.17 bits per heavy atom. The molecule has 0 saturated heterocycles. The van der Waals surface area contributed by atoms with Gasteiger partial charge < -0.3 is 10.4 Å². The van der Waals surface area contributed by atoms with Gasteiger partial charge in [0.2, 0.25) is 0 Å². The number of carboxylic acids is 1. The van der Waals surface area contributed by atoms with Crippen molar-refractivity contribution in [2.45, 2.75) is 58.7 Å². The molecule has 2 rings (SSSR count). The number of rotatable bonds is 8. The minimum atomic E-state index is -0.632. The van der Waals surface area contributed by atoms with Gasteiger partial charge in [0.1, 0.15) is 0 Å². The first kappa shape index (κ1) is 18.0. The average Bonchev–Trinajstić information content (AvgIpc) is 2.59. The highest BCUT2D eigenvalue weighted by Gasteiger charge is 2.25. The predicted molar refractivity (Wildman–Crippen MR) is 93.3 cm³/mol. The Bertz CT molecular complexity index is 475. The molecule has 0 atom stereocenters. The number of aliphatic carboxylic acids is 1. The monoisotopic (exact) mass is 318 g/mol. The van der Waals surface area contributed by atoms with Crippen LogP contribution in [0.3, 0.4) is 0 Å². The SMILES string of the molecule is CCN(CC)Cc1ccc(CNC2CCC(C(=O)O)CC2)cc1. The molecule has 0 unspecified atom stereocenters. The second kappa shape index (κ2) is 9.04. The second-order valence-corrected chi connectivity index (χ2v) is 6.55. The van der Waals surface area contributed by atoms with Gasteiger partial charge in [-0.15, -0.1) is 0 Å². The molecule has 0 heterocycles. The van der Waals surface area contributed by atoms with E-state index in [-0.39, 0.29) is 5.92 Å². The summed E-state index contributed by atoms with van der Waals surface area (Å²) in [6.45, 7) is 8.44. The molecule has 128 valence electrons. The smallest absolute Gasteiger partial charge is 0.306 e. The summed E-state index contributed by atoms with van der Waals surface area (Å²) in [7, 11) is 0. The van der Waals surface area contributed by atoms with Gasteiger partial charge in [-0.1, -0.05) is 38.1 Å². The third kappa shape index (κ3) is 5.63. The predicted octanol–water partition coefficient (Wildman–Crippen LogP) is 3.26. The summed E-state index contributed by atoms with van der Waals surface area (Å²) in [5.74, 6) is -0.764. The van der Waals surface area contributed by atoms with Crippen molar-refractivity contribution in [1.82, 2.24) is 10.2 Å². The maximum atomic E-state index is 11.0. The van der Waals surface area contributed by atoms with Gasteiger partial charge in [-0.3, -0.25) is 9.69 Å². The highest BCUT2D eigenvalue weighted by atomic mass is 16.4. The van der Waals surface area contributed by atoms with E-state index in [4.69, 9.17) is 5.11 Å². The number of nitrogens with one attached hydrogen (secondary N) is 1. The maximum absolute atomic E-state index is 11.0. The van der Waals surface area contributed by atoms with Crippen LogP contribution in [0.1, 0.15) is 50.7 Å². The molecule has 4 heteroatoms. The molecule has 1 fully saturated rings. The first-order chi connectivity index (χ1) is 11.1. The van der Waals surface area contributed by atoms with Crippen LogP contribution in [0.25, 0.3) is 0 Å². The fraction of sp³-hybridized carbons (Fsp3) is 0.632. The van der Waals surface area contributed by atoms with E-state index in [2.05, 4.69) is 48.3 Å². The molecule has 0 spiro atoms. The number of carboxylic acid groups (broad SMARTS) is 1. The normalized spacial score (nSPS) is 21.5. The highest BCUT2D eigenvalue weighted by Crippen LogP contribution is 2.24. The Morgan fingerprint density at radius 1 is 1.09 bits per heavy atom. The Kier molecular flexibility index (Phi) is 7.06. The third-order valence-electron chi connectivity index (χ3n) is 4.99. The standard InChI is InChI=1S/C19H30N2O2/c1-3-21(4-2)14-16-7-5-15(6-8-16)13-20-18-11-9-17(10-12-18)19(22)23/h5-8,17-18,20H,3-4,9-14H2,1-2H3,(H,22,23). The van der Waals surface area contributed by atoms with E-state index in [0.717, 1.165) is 51.9 Å². The lowest BCUT2D eigenvalue weighted by Gasteiger charge is -2.27. The molecule has 1 aromatic carbocycles. The molecule has 1 aliphatic carbocycles. The molecular weight excluding hydrogens is 288 g/mol. The molecule has 0 aromatic heterocycles. The van der Waals surface area contributed by atoms with Gasteiger partial charge >= 0.3 is 5.97 Å². The lowest BCUT2D eigenvalue weighted by atomic mass is 9.86. The summed E-state index contributed by atoms with van der Waals surface area (Å²) >= 11 is 0. The molecule has 0 aliphatic heterocycles. The minimum absolute atomic E-state index is 0.132. The Morgan fingerprint density at radius 2 is 1.65 bits per heavy atom. The zero-order valence-electron chi connectivity index (χ0n) is 14.4. The first-order valence-corrected chi connectivity index (χ1v) is 8.88. The van der Waals surface area contributed by atoms with Crippen LogP contribution in [0.2, 0.25) is 0 Å². The van der Waals surface area contributed by atoms with E-state index >= 15 is 0 Å². The molecule has 23 heavy (non-hydrogen) atoms. The second-order valence-electron chi connectivity index (χ2n) is 6.55. The van der Waals surface area contributed by atoms with Crippen LogP contribution in [-0.4, -0.2) is 35.1 Å². The highest BCUT2D eigenvalue weighted by molar-refractivity contribution is 5.70. The zero-order chi connectivity index (χ0) is 16.7. The Hall–Kier alpha value is -1.39. The van der Waals surface area contributed by atoms with Crippen molar-refractivity contribution in [2.24, 2.45) is 5.92 Å². The lowest BCUT2D eigenvalue weighted by Crippen LogP contribution is -2.34. The summed E-state index contributed by atoms with van der Waals surface area (Å²) in [6.07, 6.45) is 3.54. The van der Waals surface area contributed by atoms with E-state index in [9.17, 15) is 4.79 Å². The Labute approximate surface area is 139 Å². The van der Waals surface area contributed by atoms with Gasteiger partial charge in [-0.2, -0.15) is 0 Å². The number of nitrogens with zero attached hydrogens (tertiary/aromatic N) is 1. The molecule has 1 aromatic rings. The fourth-order valence-corrected chi connectivity index (χ4v) is 3.27. The van der Waals surface area contributed by atoms with E-state index < -0.39 is 5.97 Å². The molecule has 1 saturated carbocycles. The van der Waals surface area contributed by atoms with Crippen LogP contribution >= 0.6 is 0 Å². The van der Waals surface area contributed by atoms with Crippen molar-refractivity contribution in [2.75, 3.05) is 13.1 Å². The van der Waals surface area contributed by atoms with E-state index in [1.807, 2.05) is 0 Å². The first-order valence-electron chi connectivity index (χ1n) is 8.88. The number of hydrogen-bond donors (Lipinski definition) is 2. The van der Waals surface area contributed by atoms with Crippen LogP contribution in [0.5, 0.6) is 0 Å². The van der Waals surface area contributed by atoms with Gasteiger partial charge in [0, 0.05) is 19.1 Å². The van der Waals surface area contributed by atoms with Crippen molar-refractivity contribution in [1.29, 1.82) is 0 Å². The average molecular weight is 318 g/mol. The molecule has 0 radical (unpaired) electrons. The number of carbonyl (C=O) groups is 1. The van der Waals surface area contributed by atoms with E-state index in [1.165, 1.54) is 11.1 Å².